The zero-order valence-electron chi connectivity index (χ0n) is 21.0. The normalized spacial score (nSPS) is 17.5. The molecular formula is C27H27BrN2O6S2. The Bertz CT molecular complexity index is 1260. The Morgan fingerprint density at radius 2 is 1.84 bits per heavy atom. The fourth-order valence-electron chi connectivity index (χ4n) is 4.32. The van der Waals surface area contributed by atoms with Crippen molar-refractivity contribution in [3.8, 4) is 11.5 Å². The lowest BCUT2D eigenvalue weighted by Crippen LogP contribution is -2.38. The minimum Gasteiger partial charge on any atom is -0.493 e. The maximum Gasteiger partial charge on any atom is 0.333 e. The van der Waals surface area contributed by atoms with Gasteiger partial charge < -0.3 is 19.1 Å². The van der Waals surface area contributed by atoms with Gasteiger partial charge in [-0.1, -0.05) is 54.3 Å². The number of methoxy groups -OCH3 is 2. The number of carbonyl (C=O) groups is 3. The van der Waals surface area contributed by atoms with Gasteiger partial charge in [0, 0.05) is 13.1 Å². The van der Waals surface area contributed by atoms with E-state index in [1.165, 1.54) is 19.1 Å². The highest BCUT2D eigenvalue weighted by Crippen LogP contribution is 2.41. The zero-order valence-corrected chi connectivity index (χ0v) is 24.2. The summed E-state index contributed by atoms with van der Waals surface area (Å²) in [6.45, 7) is 1.40. The summed E-state index contributed by atoms with van der Waals surface area (Å²) < 4.78 is 17.2. The number of rotatable bonds is 8. The van der Waals surface area contributed by atoms with Gasteiger partial charge in [0.2, 0.25) is 0 Å². The van der Waals surface area contributed by atoms with E-state index in [9.17, 15) is 14.4 Å². The first kappa shape index (κ1) is 28.1. The van der Waals surface area contributed by atoms with Crippen molar-refractivity contribution in [3.63, 3.8) is 0 Å². The van der Waals surface area contributed by atoms with Crippen LogP contribution in [0, 0.1) is 0 Å². The first-order valence-electron chi connectivity index (χ1n) is 12.0. The second kappa shape index (κ2) is 12.8. The molecule has 2 aliphatic rings. The fourth-order valence-corrected chi connectivity index (χ4v) is 6.21. The Morgan fingerprint density at radius 3 is 2.50 bits per heavy atom. The topological polar surface area (TPSA) is 85.4 Å². The van der Waals surface area contributed by atoms with Gasteiger partial charge in [-0.25, -0.2) is 4.79 Å². The molecule has 2 fully saturated rings. The van der Waals surface area contributed by atoms with Crippen LogP contribution in [0.1, 0.15) is 36.4 Å². The average molecular weight is 620 g/mol. The summed E-state index contributed by atoms with van der Waals surface area (Å²) in [4.78, 5) is 42.1. The van der Waals surface area contributed by atoms with Crippen molar-refractivity contribution in [1.29, 1.82) is 0 Å². The van der Waals surface area contributed by atoms with Crippen molar-refractivity contribution in [3.05, 3.63) is 63.0 Å². The van der Waals surface area contributed by atoms with Crippen molar-refractivity contribution in [1.82, 2.24) is 9.80 Å². The molecule has 4 rings (SSSR count). The average Bonchev–Trinajstić information content (AvgIpc) is 3.20. The molecule has 2 aromatic carbocycles. The molecule has 38 heavy (non-hydrogen) atoms. The Morgan fingerprint density at radius 1 is 1.13 bits per heavy atom. The van der Waals surface area contributed by atoms with Crippen LogP contribution in [-0.2, 0) is 19.1 Å². The van der Waals surface area contributed by atoms with Crippen LogP contribution in [-0.4, -0.2) is 65.8 Å². The number of thiocarbonyl (C=S) groups is 1. The maximum absolute atomic E-state index is 13.4. The highest BCUT2D eigenvalue weighted by atomic mass is 79.9. The van der Waals surface area contributed by atoms with Crippen molar-refractivity contribution in [2.24, 2.45) is 0 Å². The molecule has 1 unspecified atom stereocenters. The molecule has 200 valence electrons. The van der Waals surface area contributed by atoms with Crippen LogP contribution in [0.3, 0.4) is 0 Å². The van der Waals surface area contributed by atoms with Crippen molar-refractivity contribution in [2.75, 3.05) is 33.9 Å². The van der Waals surface area contributed by atoms with Gasteiger partial charge in [0.15, 0.2) is 24.1 Å². The fraction of sp³-hybridized carbons (Fsp3) is 0.333. The molecule has 0 spiro atoms. The van der Waals surface area contributed by atoms with Crippen molar-refractivity contribution >= 4 is 68.1 Å². The van der Waals surface area contributed by atoms with Crippen LogP contribution in [0.5, 0.6) is 11.5 Å². The number of hydrogen-bond donors (Lipinski definition) is 0. The van der Waals surface area contributed by atoms with E-state index in [0.29, 0.717) is 32.0 Å². The van der Waals surface area contributed by atoms with Gasteiger partial charge in [-0.3, -0.25) is 14.5 Å². The summed E-state index contributed by atoms with van der Waals surface area (Å²) in [6, 6.07) is 11.4. The van der Waals surface area contributed by atoms with Crippen LogP contribution in [0.2, 0.25) is 0 Å². The molecule has 0 aliphatic carbocycles. The van der Waals surface area contributed by atoms with Crippen LogP contribution in [0.25, 0.3) is 6.08 Å². The minimum atomic E-state index is -0.992. The minimum absolute atomic E-state index is 0.0648. The molecule has 0 radical (unpaired) electrons. The van der Waals surface area contributed by atoms with E-state index in [4.69, 9.17) is 26.4 Å². The summed E-state index contributed by atoms with van der Waals surface area (Å²) >= 11 is 10.1. The van der Waals surface area contributed by atoms with Crippen LogP contribution in [0.15, 0.2) is 51.8 Å². The second-order valence-electron chi connectivity index (χ2n) is 8.65. The summed E-state index contributed by atoms with van der Waals surface area (Å²) in [6.07, 6.45) is 4.82. The Hall–Kier alpha value is -2.89. The van der Waals surface area contributed by atoms with E-state index >= 15 is 0 Å². The predicted octanol–water partition coefficient (Wildman–Crippen LogP) is 4.96. The van der Waals surface area contributed by atoms with Crippen molar-refractivity contribution < 1.29 is 28.6 Å². The molecule has 2 aromatic rings. The zero-order chi connectivity index (χ0) is 27.2. The molecule has 2 aliphatic heterocycles. The van der Waals surface area contributed by atoms with Gasteiger partial charge in [-0.2, -0.15) is 0 Å². The molecule has 0 saturated carbocycles. The molecule has 8 nitrogen and oxygen atoms in total. The number of halogens is 1. The van der Waals surface area contributed by atoms with Gasteiger partial charge in [0.05, 0.1) is 23.6 Å². The standard InChI is InChI=1S/C27H27BrN2O6S2/c1-34-20-14-17(13-19(28)24(20)36-16-22(31)29-11-7-4-8-12-29)15-21-25(32)30(27(37)38-21)23(26(33)35-2)18-9-5-3-6-10-18/h3,5-6,9-10,13-15,23H,4,7-8,11-12,16H2,1-2H3/b21-15+. The lowest BCUT2D eigenvalue weighted by molar-refractivity contribution is -0.148. The first-order chi connectivity index (χ1) is 18.3. The summed E-state index contributed by atoms with van der Waals surface area (Å²) in [5, 5.41) is 0. The number of nitrogens with zero attached hydrogens (tertiary/aromatic N) is 2. The number of hydrogen-bond acceptors (Lipinski definition) is 8. The van der Waals surface area contributed by atoms with Gasteiger partial charge in [0.1, 0.15) is 4.32 Å². The first-order valence-corrected chi connectivity index (χ1v) is 14.0. The number of carbonyl (C=O) groups excluding carboxylic acids is 3. The third-order valence-electron chi connectivity index (χ3n) is 6.22. The Balaban J connectivity index is 1.55. The second-order valence-corrected chi connectivity index (χ2v) is 11.2. The number of benzene rings is 2. The van der Waals surface area contributed by atoms with E-state index in [1.807, 2.05) is 11.0 Å². The van der Waals surface area contributed by atoms with Gasteiger partial charge in [-0.15, -0.1) is 0 Å². The number of likely N-dealkylation sites (tertiary alicyclic amines) is 1. The third-order valence-corrected chi connectivity index (χ3v) is 8.14. The van der Waals surface area contributed by atoms with E-state index < -0.39 is 17.9 Å². The highest BCUT2D eigenvalue weighted by Gasteiger charge is 2.42. The van der Waals surface area contributed by atoms with Gasteiger partial charge >= 0.3 is 5.97 Å². The molecular weight excluding hydrogens is 592 g/mol. The van der Waals surface area contributed by atoms with Crippen molar-refractivity contribution in [2.45, 2.75) is 25.3 Å². The van der Waals surface area contributed by atoms with E-state index in [-0.39, 0.29) is 16.8 Å². The number of thioether (sulfide) groups is 1. The Labute approximate surface area is 239 Å². The monoisotopic (exact) mass is 618 g/mol. The number of ether oxygens (including phenoxy) is 3. The van der Waals surface area contributed by atoms with Crippen LogP contribution >= 0.6 is 39.9 Å². The summed E-state index contributed by atoms with van der Waals surface area (Å²) in [5.74, 6) is -0.243. The molecule has 0 N–H and O–H groups in total. The molecule has 1 atom stereocenters. The molecule has 2 heterocycles. The van der Waals surface area contributed by atoms with E-state index in [0.717, 1.165) is 44.1 Å². The van der Waals surface area contributed by atoms with E-state index in [1.54, 1.807) is 42.5 Å². The number of piperidine rings is 1. The summed E-state index contributed by atoms with van der Waals surface area (Å²) in [5.41, 5.74) is 1.25. The van der Waals surface area contributed by atoms with E-state index in [2.05, 4.69) is 15.9 Å². The van der Waals surface area contributed by atoms with Crippen LogP contribution < -0.4 is 9.47 Å². The highest BCUT2D eigenvalue weighted by molar-refractivity contribution is 9.10. The van der Waals surface area contributed by atoms with Gasteiger partial charge in [-0.05, 0) is 64.5 Å². The lowest BCUT2D eigenvalue weighted by atomic mass is 10.1. The molecule has 0 bridgehead atoms. The molecule has 2 saturated heterocycles. The Kier molecular flexibility index (Phi) is 9.45. The lowest BCUT2D eigenvalue weighted by Gasteiger charge is -2.26. The molecule has 0 aromatic heterocycles. The van der Waals surface area contributed by atoms with Gasteiger partial charge in [0.25, 0.3) is 11.8 Å². The largest absolute Gasteiger partial charge is 0.493 e. The summed E-state index contributed by atoms with van der Waals surface area (Å²) in [7, 11) is 2.78. The molecule has 2 amide bonds. The molecule has 11 heteroatoms. The number of amides is 2. The smallest absolute Gasteiger partial charge is 0.333 e. The maximum atomic E-state index is 13.4. The SMILES string of the molecule is COC(=O)C(c1ccccc1)N1C(=O)/C(=C\c2cc(Br)c(OCC(=O)N3CCCCC3)c(OC)c2)SC1=S. The number of esters is 1. The quantitative estimate of drug-likeness (QED) is 0.233. The predicted molar refractivity (Wildman–Crippen MR) is 153 cm³/mol. The van der Waals surface area contributed by atoms with Crippen LogP contribution in [0.4, 0.5) is 0 Å². The third kappa shape index (κ3) is 6.22.